The molecule has 0 amide bonds. The van der Waals surface area contributed by atoms with Crippen LogP contribution in [0.1, 0.15) is 105 Å². The first-order valence-corrected chi connectivity index (χ1v) is 14.0. The first-order valence-electron chi connectivity index (χ1n) is 14.0. The second-order valence-electron chi connectivity index (χ2n) is 14.0. The van der Waals surface area contributed by atoms with Gasteiger partial charge in [0.05, 0.1) is 0 Å². The van der Waals surface area contributed by atoms with Crippen molar-refractivity contribution in [3.8, 4) is 0 Å². The number of fused-ring (bicyclic) bond motifs is 7. The fourth-order valence-electron chi connectivity index (χ4n) is 10.4. The SMILES string of the molecule is CNCC12CCC3C(CCC4C5(C)CCCC(=O)C(C)C5CCC34C)C1=CC(C)(C)CC2. The summed E-state index contributed by atoms with van der Waals surface area (Å²) in [5, 5.41) is 3.60. The molecule has 180 valence electrons. The molecule has 5 aliphatic rings. The lowest BCUT2D eigenvalue weighted by Crippen LogP contribution is -2.59. The molecular formula is C30H49NO. The lowest BCUT2D eigenvalue weighted by Gasteiger charge is -2.66. The number of nitrogens with one attached hydrogen (secondary N) is 1. The quantitative estimate of drug-likeness (QED) is 0.461. The van der Waals surface area contributed by atoms with Gasteiger partial charge < -0.3 is 5.32 Å². The maximum Gasteiger partial charge on any atom is 0.135 e. The van der Waals surface area contributed by atoms with Gasteiger partial charge in [-0.15, -0.1) is 0 Å². The van der Waals surface area contributed by atoms with E-state index in [2.05, 4.69) is 53.1 Å². The average molecular weight is 440 g/mol. The van der Waals surface area contributed by atoms with E-state index >= 15 is 0 Å². The molecule has 0 saturated heterocycles. The Balaban J connectivity index is 1.51. The Morgan fingerprint density at radius 3 is 2.38 bits per heavy atom. The second-order valence-corrected chi connectivity index (χ2v) is 14.0. The number of ketones is 1. The number of rotatable bonds is 2. The molecule has 8 atom stereocenters. The molecule has 0 bridgehead atoms. The van der Waals surface area contributed by atoms with Crippen molar-refractivity contribution in [3.63, 3.8) is 0 Å². The van der Waals surface area contributed by atoms with E-state index in [0.29, 0.717) is 33.4 Å². The molecule has 4 fully saturated rings. The standard InChI is InChI=1S/C30H49NO/c1-20-22-11-14-29(5)23-12-15-30(19-31-6)17-16-27(2,3)18-24(30)21(23)9-10-26(29)28(22,4)13-7-8-25(20)32/h18,20-23,26,31H,7-17,19H2,1-6H3. The van der Waals surface area contributed by atoms with Crippen LogP contribution < -0.4 is 5.32 Å². The number of allylic oxidation sites excluding steroid dienone is 1. The lowest BCUT2D eigenvalue weighted by atomic mass is 9.38. The monoisotopic (exact) mass is 439 g/mol. The van der Waals surface area contributed by atoms with E-state index in [0.717, 1.165) is 37.1 Å². The van der Waals surface area contributed by atoms with Crippen molar-refractivity contribution in [2.45, 2.75) is 105 Å². The van der Waals surface area contributed by atoms with Crippen LogP contribution in [0.5, 0.6) is 0 Å². The highest BCUT2D eigenvalue weighted by Crippen LogP contribution is 2.70. The zero-order chi connectivity index (χ0) is 22.9. The second kappa shape index (κ2) is 7.69. The summed E-state index contributed by atoms with van der Waals surface area (Å²) in [7, 11) is 2.16. The minimum Gasteiger partial charge on any atom is -0.319 e. The number of carbonyl (C=O) groups excluding carboxylic acids is 1. The van der Waals surface area contributed by atoms with Gasteiger partial charge in [0, 0.05) is 24.3 Å². The van der Waals surface area contributed by atoms with Gasteiger partial charge in [-0.2, -0.15) is 0 Å². The van der Waals surface area contributed by atoms with Crippen LogP contribution in [0.3, 0.4) is 0 Å². The van der Waals surface area contributed by atoms with Gasteiger partial charge in [-0.05, 0) is 111 Å². The third-order valence-electron chi connectivity index (χ3n) is 12.0. The maximum absolute atomic E-state index is 12.8. The summed E-state index contributed by atoms with van der Waals surface area (Å²) in [5.74, 6) is 3.90. The largest absolute Gasteiger partial charge is 0.319 e. The molecule has 0 aromatic rings. The Morgan fingerprint density at radius 1 is 0.906 bits per heavy atom. The van der Waals surface area contributed by atoms with Gasteiger partial charge in [0.15, 0.2) is 0 Å². The highest BCUT2D eigenvalue weighted by Gasteiger charge is 2.63. The minimum absolute atomic E-state index is 0.279. The molecule has 0 aromatic heterocycles. The molecular weight excluding hydrogens is 390 g/mol. The first-order chi connectivity index (χ1) is 15.1. The predicted octanol–water partition coefficient (Wildman–Crippen LogP) is 7.19. The van der Waals surface area contributed by atoms with Gasteiger partial charge in [0.2, 0.25) is 0 Å². The smallest absolute Gasteiger partial charge is 0.135 e. The van der Waals surface area contributed by atoms with E-state index in [-0.39, 0.29) is 5.92 Å². The molecule has 5 aliphatic carbocycles. The first kappa shape index (κ1) is 23.1. The van der Waals surface area contributed by atoms with Gasteiger partial charge in [-0.3, -0.25) is 4.79 Å². The number of hydrogen-bond acceptors (Lipinski definition) is 2. The summed E-state index contributed by atoms with van der Waals surface area (Å²) in [6, 6.07) is 0. The molecule has 2 heteroatoms. The highest BCUT2D eigenvalue weighted by atomic mass is 16.1. The van der Waals surface area contributed by atoms with Gasteiger partial charge in [-0.1, -0.05) is 46.3 Å². The molecule has 8 unspecified atom stereocenters. The Kier molecular flexibility index (Phi) is 5.56. The van der Waals surface area contributed by atoms with Gasteiger partial charge in [0.1, 0.15) is 5.78 Å². The van der Waals surface area contributed by atoms with Crippen molar-refractivity contribution in [3.05, 3.63) is 11.6 Å². The molecule has 32 heavy (non-hydrogen) atoms. The lowest BCUT2D eigenvalue weighted by molar-refractivity contribution is -0.154. The van der Waals surface area contributed by atoms with Gasteiger partial charge >= 0.3 is 0 Å². The average Bonchev–Trinajstić information content (AvgIpc) is 2.84. The third-order valence-corrected chi connectivity index (χ3v) is 12.0. The molecule has 5 rings (SSSR count). The summed E-state index contributed by atoms with van der Waals surface area (Å²) in [4.78, 5) is 12.8. The van der Waals surface area contributed by atoms with E-state index in [1.54, 1.807) is 0 Å². The van der Waals surface area contributed by atoms with E-state index in [4.69, 9.17) is 0 Å². The summed E-state index contributed by atoms with van der Waals surface area (Å²) in [5.41, 5.74) is 3.45. The van der Waals surface area contributed by atoms with Crippen LogP contribution in [0.4, 0.5) is 0 Å². The van der Waals surface area contributed by atoms with Crippen molar-refractivity contribution in [1.29, 1.82) is 0 Å². The number of carbonyl (C=O) groups is 1. The van der Waals surface area contributed by atoms with Gasteiger partial charge in [0.25, 0.3) is 0 Å². The fraction of sp³-hybridized carbons (Fsp3) is 0.900. The number of hydrogen-bond donors (Lipinski definition) is 1. The molecule has 1 N–H and O–H groups in total. The van der Waals surface area contributed by atoms with Crippen LogP contribution >= 0.6 is 0 Å². The van der Waals surface area contributed by atoms with Crippen LogP contribution in [0.15, 0.2) is 11.6 Å². The zero-order valence-electron chi connectivity index (χ0n) is 21.9. The van der Waals surface area contributed by atoms with Crippen molar-refractivity contribution < 1.29 is 4.79 Å². The highest BCUT2D eigenvalue weighted by molar-refractivity contribution is 5.81. The van der Waals surface area contributed by atoms with Gasteiger partial charge in [-0.25, -0.2) is 0 Å². The summed E-state index contributed by atoms with van der Waals surface area (Å²) in [6.45, 7) is 13.7. The summed E-state index contributed by atoms with van der Waals surface area (Å²) < 4.78 is 0. The van der Waals surface area contributed by atoms with Crippen molar-refractivity contribution in [2.24, 2.45) is 51.2 Å². The van der Waals surface area contributed by atoms with E-state index < -0.39 is 0 Å². The van der Waals surface area contributed by atoms with Crippen LogP contribution in [0.25, 0.3) is 0 Å². The van der Waals surface area contributed by atoms with E-state index in [1.165, 1.54) is 57.8 Å². The summed E-state index contributed by atoms with van der Waals surface area (Å²) >= 11 is 0. The van der Waals surface area contributed by atoms with E-state index in [1.807, 2.05) is 5.57 Å². The number of Topliss-reactive ketones (excluding diaryl/α,β-unsaturated/α-hetero) is 1. The van der Waals surface area contributed by atoms with Crippen molar-refractivity contribution in [1.82, 2.24) is 5.32 Å². The Labute approximate surface area is 197 Å². The van der Waals surface area contributed by atoms with Crippen LogP contribution in [0, 0.1) is 51.2 Å². The third kappa shape index (κ3) is 3.24. The maximum atomic E-state index is 12.8. The van der Waals surface area contributed by atoms with Crippen molar-refractivity contribution in [2.75, 3.05) is 13.6 Å². The Bertz CT molecular complexity index is 797. The molecule has 2 nitrogen and oxygen atoms in total. The zero-order valence-corrected chi connectivity index (χ0v) is 21.9. The molecule has 0 spiro atoms. The predicted molar refractivity (Wildman–Crippen MR) is 133 cm³/mol. The Hall–Kier alpha value is -0.630. The van der Waals surface area contributed by atoms with Crippen molar-refractivity contribution >= 4 is 5.78 Å². The normalized spacial score (nSPS) is 50.2. The molecule has 0 radical (unpaired) electrons. The molecule has 0 aromatic carbocycles. The summed E-state index contributed by atoms with van der Waals surface area (Å²) in [6.07, 6.45) is 16.9. The van der Waals surface area contributed by atoms with Crippen LogP contribution in [-0.2, 0) is 4.79 Å². The minimum atomic E-state index is 0.279. The van der Waals surface area contributed by atoms with Crippen LogP contribution in [-0.4, -0.2) is 19.4 Å². The Morgan fingerprint density at radius 2 is 1.62 bits per heavy atom. The molecule has 0 heterocycles. The fourth-order valence-corrected chi connectivity index (χ4v) is 10.4. The molecule has 4 saturated carbocycles. The topological polar surface area (TPSA) is 29.1 Å². The van der Waals surface area contributed by atoms with Crippen LogP contribution in [0.2, 0.25) is 0 Å². The van der Waals surface area contributed by atoms with E-state index in [9.17, 15) is 4.79 Å². The molecule has 0 aliphatic heterocycles.